The predicted molar refractivity (Wildman–Crippen MR) is 121 cm³/mol. The average Bonchev–Trinajstić information content (AvgIpc) is 2.72. The molecule has 1 aliphatic heterocycles. The van der Waals surface area contributed by atoms with Gasteiger partial charge in [0.2, 0.25) is 6.10 Å². The molecule has 2 N–H and O–H groups in total. The maximum absolute atomic E-state index is 12.4. The lowest BCUT2D eigenvalue weighted by molar-refractivity contribution is -0.130. The molecule has 4 rings (SSSR count). The topological polar surface area (TPSA) is 80.2 Å². The van der Waals surface area contributed by atoms with E-state index in [-0.39, 0.29) is 12.4 Å². The Kier molecular flexibility index (Phi) is 5.80. The lowest BCUT2D eigenvalue weighted by Gasteiger charge is -2.25. The van der Waals surface area contributed by atoms with Crippen molar-refractivity contribution in [1.82, 2.24) is 5.43 Å². The van der Waals surface area contributed by atoms with Gasteiger partial charge in [-0.1, -0.05) is 40.2 Å². The van der Waals surface area contributed by atoms with Gasteiger partial charge in [-0.2, -0.15) is 5.10 Å². The zero-order valence-electron chi connectivity index (χ0n) is 14.7. The number of hydrogen-bond acceptors (Lipinski definition) is 5. The fourth-order valence-corrected chi connectivity index (χ4v) is 5.16. The van der Waals surface area contributed by atoms with Crippen molar-refractivity contribution in [2.45, 2.75) is 6.10 Å². The average molecular weight is 585 g/mol. The minimum absolute atomic E-state index is 0.0359. The zero-order valence-corrected chi connectivity index (χ0v) is 19.4. The van der Waals surface area contributed by atoms with Crippen molar-refractivity contribution in [2.75, 3.05) is 6.61 Å². The molecular formula is C20H13Br3N2O4. The zero-order chi connectivity index (χ0) is 20.5. The molecule has 0 saturated heterocycles. The van der Waals surface area contributed by atoms with Crippen molar-refractivity contribution in [3.63, 3.8) is 0 Å². The van der Waals surface area contributed by atoms with Crippen LogP contribution in [0.2, 0.25) is 0 Å². The summed E-state index contributed by atoms with van der Waals surface area (Å²) >= 11 is 9.95. The molecule has 0 bridgehead atoms. The third-order valence-corrected chi connectivity index (χ3v) is 6.38. The van der Waals surface area contributed by atoms with E-state index in [4.69, 9.17) is 9.47 Å². The minimum atomic E-state index is -0.828. The number of phenols is 1. The second-order valence-corrected chi connectivity index (χ2v) is 8.72. The third kappa shape index (κ3) is 4.12. The van der Waals surface area contributed by atoms with Crippen molar-refractivity contribution < 1.29 is 19.4 Å². The molecule has 0 aromatic heterocycles. The molecule has 0 spiro atoms. The van der Waals surface area contributed by atoms with E-state index in [1.165, 1.54) is 6.21 Å². The highest BCUT2D eigenvalue weighted by molar-refractivity contribution is 9.11. The number of carbonyl (C=O) groups is 1. The number of carbonyl (C=O) groups excluding carboxylic acids is 1. The molecule has 9 heteroatoms. The van der Waals surface area contributed by atoms with Gasteiger partial charge in [-0.3, -0.25) is 4.79 Å². The fraction of sp³-hybridized carbons (Fsp3) is 0.100. The summed E-state index contributed by atoms with van der Waals surface area (Å²) < 4.78 is 13.2. The number of benzene rings is 3. The number of hydrogen-bond donors (Lipinski definition) is 2. The predicted octanol–water partition coefficient (Wildman–Crippen LogP) is 5.12. The van der Waals surface area contributed by atoms with Gasteiger partial charge in [-0.15, -0.1) is 0 Å². The van der Waals surface area contributed by atoms with Crippen molar-refractivity contribution in [2.24, 2.45) is 5.10 Å². The molecule has 3 aromatic carbocycles. The van der Waals surface area contributed by atoms with Crippen LogP contribution in [0.15, 0.2) is 61.0 Å². The molecule has 29 heavy (non-hydrogen) atoms. The summed E-state index contributed by atoms with van der Waals surface area (Å²) in [5, 5.41) is 16.0. The number of aromatic hydroxyl groups is 1. The smallest absolute Gasteiger partial charge is 0.284 e. The number of nitrogens with zero attached hydrogens (tertiary/aromatic N) is 1. The van der Waals surface area contributed by atoms with Crippen molar-refractivity contribution in [3.05, 3.63) is 61.4 Å². The van der Waals surface area contributed by atoms with Crippen LogP contribution in [0.5, 0.6) is 17.2 Å². The first-order chi connectivity index (χ1) is 13.9. The molecule has 1 atom stereocenters. The molecule has 6 nitrogen and oxygen atoms in total. The quantitative estimate of drug-likeness (QED) is 0.331. The number of amides is 1. The van der Waals surface area contributed by atoms with E-state index in [9.17, 15) is 9.90 Å². The Morgan fingerprint density at radius 3 is 2.52 bits per heavy atom. The molecule has 3 aromatic rings. The van der Waals surface area contributed by atoms with Crippen molar-refractivity contribution >= 4 is 70.7 Å². The third-order valence-electron chi connectivity index (χ3n) is 4.31. The normalized spacial score (nSPS) is 15.6. The summed E-state index contributed by atoms with van der Waals surface area (Å²) in [6, 6.07) is 13.3. The van der Waals surface area contributed by atoms with Gasteiger partial charge in [0.1, 0.15) is 12.4 Å². The molecule has 0 fully saturated rings. The maximum atomic E-state index is 12.4. The van der Waals surface area contributed by atoms with Crippen LogP contribution in [0, 0.1) is 0 Å². The lowest BCUT2D eigenvalue weighted by Crippen LogP contribution is -2.42. The van der Waals surface area contributed by atoms with Crippen LogP contribution in [0.25, 0.3) is 10.8 Å². The molecule has 0 aliphatic carbocycles. The number of fused-ring (bicyclic) bond motifs is 2. The summed E-state index contributed by atoms with van der Waals surface area (Å²) in [5.41, 5.74) is 3.02. The van der Waals surface area contributed by atoms with Gasteiger partial charge in [-0.05, 0) is 60.8 Å². The lowest BCUT2D eigenvalue weighted by atomic mass is 10.1. The Balaban J connectivity index is 1.47. The molecule has 0 radical (unpaired) electrons. The van der Waals surface area contributed by atoms with Gasteiger partial charge in [0, 0.05) is 10.0 Å². The summed E-state index contributed by atoms with van der Waals surface area (Å²) in [6.07, 6.45) is 0.592. The number of halogens is 3. The Hall–Kier alpha value is -2.10. The number of rotatable bonds is 3. The van der Waals surface area contributed by atoms with E-state index < -0.39 is 12.0 Å². The van der Waals surface area contributed by atoms with Gasteiger partial charge < -0.3 is 14.6 Å². The van der Waals surface area contributed by atoms with Gasteiger partial charge in [0.25, 0.3) is 5.91 Å². The Morgan fingerprint density at radius 1 is 1.10 bits per heavy atom. The number of phenolic OH excluding ortho intramolecular Hbond substituents is 1. The molecule has 1 unspecified atom stereocenters. The largest absolute Gasteiger partial charge is 0.506 e. The van der Waals surface area contributed by atoms with Gasteiger partial charge >= 0.3 is 0 Å². The first-order valence-corrected chi connectivity index (χ1v) is 10.8. The monoisotopic (exact) mass is 582 g/mol. The highest BCUT2D eigenvalue weighted by Gasteiger charge is 2.27. The summed E-state index contributed by atoms with van der Waals surface area (Å²) in [5.74, 6) is 0.722. The molecule has 148 valence electrons. The summed E-state index contributed by atoms with van der Waals surface area (Å²) in [7, 11) is 0. The van der Waals surface area contributed by atoms with E-state index in [0.717, 1.165) is 10.8 Å². The van der Waals surface area contributed by atoms with Crippen molar-refractivity contribution in [3.8, 4) is 17.2 Å². The SMILES string of the molecule is O=C(N/N=C\c1c(Br)cc(Br)c(O)c1Br)C1COc2cc3ccccc3cc2O1. The van der Waals surface area contributed by atoms with Crippen LogP contribution in [0.1, 0.15) is 5.56 Å². The number of nitrogens with one attached hydrogen (secondary N) is 1. The van der Waals surface area contributed by atoms with Gasteiger partial charge in [0.15, 0.2) is 11.5 Å². The summed E-state index contributed by atoms with van der Waals surface area (Å²) in [6.45, 7) is 0.0825. The van der Waals surface area contributed by atoms with Crippen LogP contribution in [0.3, 0.4) is 0 Å². The summed E-state index contributed by atoms with van der Waals surface area (Å²) in [4.78, 5) is 12.4. The second kappa shape index (κ2) is 8.33. The van der Waals surface area contributed by atoms with Crippen LogP contribution < -0.4 is 14.9 Å². The van der Waals surface area contributed by atoms with E-state index in [1.807, 2.05) is 36.4 Å². The Labute approximate surface area is 191 Å². The van der Waals surface area contributed by atoms with E-state index in [1.54, 1.807) is 6.07 Å². The van der Waals surface area contributed by atoms with E-state index in [2.05, 4.69) is 58.3 Å². The van der Waals surface area contributed by atoms with Crippen LogP contribution in [-0.4, -0.2) is 29.9 Å². The number of ether oxygens (including phenoxy) is 2. The molecular weight excluding hydrogens is 572 g/mol. The highest BCUT2D eigenvalue weighted by atomic mass is 79.9. The Morgan fingerprint density at radius 2 is 1.79 bits per heavy atom. The minimum Gasteiger partial charge on any atom is -0.506 e. The first-order valence-electron chi connectivity index (χ1n) is 8.45. The standard InChI is InChI=1S/C20H13Br3N2O4/c21-13-7-14(22)19(26)18(23)12(13)8-24-25-20(27)17-9-28-15-5-10-3-1-2-4-11(10)6-16(15)29-17/h1-8,17,26H,9H2,(H,25,27)/b24-8-. The second-order valence-electron chi connectivity index (χ2n) is 6.21. The molecule has 1 amide bonds. The highest BCUT2D eigenvalue weighted by Crippen LogP contribution is 2.38. The van der Waals surface area contributed by atoms with Gasteiger partial charge in [-0.25, -0.2) is 5.43 Å². The number of hydrazone groups is 1. The van der Waals surface area contributed by atoms with E-state index >= 15 is 0 Å². The molecule has 0 saturated carbocycles. The fourth-order valence-electron chi connectivity index (χ4n) is 2.83. The van der Waals surface area contributed by atoms with Crippen LogP contribution >= 0.6 is 47.8 Å². The van der Waals surface area contributed by atoms with E-state index in [0.29, 0.717) is 30.5 Å². The van der Waals surface area contributed by atoms with Crippen LogP contribution in [-0.2, 0) is 4.79 Å². The Bertz CT molecular complexity index is 1150. The first kappa shape index (κ1) is 20.2. The van der Waals surface area contributed by atoms with Crippen LogP contribution in [0.4, 0.5) is 0 Å². The molecule has 1 aliphatic rings. The van der Waals surface area contributed by atoms with Crippen molar-refractivity contribution in [1.29, 1.82) is 0 Å². The molecule has 1 heterocycles. The maximum Gasteiger partial charge on any atom is 0.284 e. The van der Waals surface area contributed by atoms with Gasteiger partial charge in [0.05, 0.1) is 15.2 Å².